The van der Waals surface area contributed by atoms with Gasteiger partial charge in [-0.25, -0.2) is 0 Å². The van der Waals surface area contributed by atoms with E-state index in [0.717, 1.165) is 0 Å². The Labute approximate surface area is 93.1 Å². The fourth-order valence-corrected chi connectivity index (χ4v) is 1.11. The Kier molecular flexibility index (Phi) is 4.87. The molecule has 0 aliphatic rings. The van der Waals surface area contributed by atoms with Crippen molar-refractivity contribution in [3.63, 3.8) is 0 Å². The first-order valence-electron chi connectivity index (χ1n) is 5.09. The molecule has 0 saturated carbocycles. The highest BCUT2D eigenvalue weighted by molar-refractivity contribution is 5.72. The zero-order valence-corrected chi connectivity index (χ0v) is 9.13. The molecule has 3 N–H and O–H groups in total. The standard InChI is InChI=1S/C9H16N4O3/c1-7(9(15)16)10-5-8-6-13(12-11-8)3-2-4-14/h6-7,10,14H,2-5H2,1H3,(H,15,16). The van der Waals surface area contributed by atoms with Crippen LogP contribution in [0.3, 0.4) is 0 Å². The van der Waals surface area contributed by atoms with E-state index >= 15 is 0 Å². The normalized spacial score (nSPS) is 12.6. The molecule has 0 saturated heterocycles. The average Bonchev–Trinajstić information content (AvgIpc) is 2.70. The van der Waals surface area contributed by atoms with E-state index in [1.54, 1.807) is 17.8 Å². The summed E-state index contributed by atoms with van der Waals surface area (Å²) in [6.07, 6.45) is 2.36. The van der Waals surface area contributed by atoms with Crippen LogP contribution in [0.4, 0.5) is 0 Å². The van der Waals surface area contributed by atoms with Gasteiger partial charge in [0, 0.05) is 25.9 Å². The van der Waals surface area contributed by atoms with E-state index < -0.39 is 12.0 Å². The summed E-state index contributed by atoms with van der Waals surface area (Å²) in [5, 5.41) is 27.8. The van der Waals surface area contributed by atoms with Crippen molar-refractivity contribution in [2.24, 2.45) is 0 Å². The molecule has 90 valence electrons. The van der Waals surface area contributed by atoms with Gasteiger partial charge in [0.05, 0.1) is 5.69 Å². The van der Waals surface area contributed by atoms with Crippen LogP contribution >= 0.6 is 0 Å². The molecule has 0 amide bonds. The molecule has 1 aromatic heterocycles. The highest BCUT2D eigenvalue weighted by Gasteiger charge is 2.10. The van der Waals surface area contributed by atoms with Crippen LogP contribution in [0.5, 0.6) is 0 Å². The Hall–Kier alpha value is -1.47. The molecule has 7 heteroatoms. The Morgan fingerprint density at radius 3 is 3.06 bits per heavy atom. The van der Waals surface area contributed by atoms with Gasteiger partial charge in [-0.3, -0.25) is 14.8 Å². The van der Waals surface area contributed by atoms with E-state index in [1.165, 1.54) is 0 Å². The van der Waals surface area contributed by atoms with E-state index in [2.05, 4.69) is 15.6 Å². The number of nitrogens with zero attached hydrogens (tertiary/aromatic N) is 3. The van der Waals surface area contributed by atoms with Crippen LogP contribution in [-0.4, -0.2) is 43.8 Å². The van der Waals surface area contributed by atoms with Crippen molar-refractivity contribution >= 4 is 5.97 Å². The van der Waals surface area contributed by atoms with Crippen LogP contribution in [0, 0.1) is 0 Å². The number of aryl methyl sites for hydroxylation is 1. The highest BCUT2D eigenvalue weighted by atomic mass is 16.4. The predicted molar refractivity (Wildman–Crippen MR) is 55.7 cm³/mol. The summed E-state index contributed by atoms with van der Waals surface area (Å²) in [6.45, 7) is 2.66. The third-order valence-corrected chi connectivity index (χ3v) is 2.09. The Morgan fingerprint density at radius 2 is 2.44 bits per heavy atom. The maximum atomic E-state index is 10.5. The lowest BCUT2D eigenvalue weighted by Gasteiger charge is -2.05. The number of aromatic nitrogens is 3. The third-order valence-electron chi connectivity index (χ3n) is 2.09. The van der Waals surface area contributed by atoms with Crippen LogP contribution in [0.15, 0.2) is 6.20 Å². The molecule has 1 rings (SSSR count). The number of aliphatic hydroxyl groups is 1. The number of carboxylic acid groups (broad SMARTS) is 1. The summed E-state index contributed by atoms with van der Waals surface area (Å²) in [5.41, 5.74) is 0.686. The Morgan fingerprint density at radius 1 is 1.69 bits per heavy atom. The second-order valence-corrected chi connectivity index (χ2v) is 3.49. The van der Waals surface area contributed by atoms with Crippen LogP contribution in [0.2, 0.25) is 0 Å². The molecule has 0 radical (unpaired) electrons. The van der Waals surface area contributed by atoms with Gasteiger partial charge in [-0.1, -0.05) is 5.21 Å². The van der Waals surface area contributed by atoms with Gasteiger partial charge in [0.15, 0.2) is 0 Å². The molecule has 7 nitrogen and oxygen atoms in total. The van der Waals surface area contributed by atoms with E-state index in [9.17, 15) is 4.79 Å². The lowest BCUT2D eigenvalue weighted by atomic mass is 10.3. The van der Waals surface area contributed by atoms with Gasteiger partial charge in [0.1, 0.15) is 6.04 Å². The average molecular weight is 228 g/mol. The molecule has 0 aliphatic carbocycles. The largest absolute Gasteiger partial charge is 0.480 e. The van der Waals surface area contributed by atoms with Crippen LogP contribution < -0.4 is 5.32 Å². The van der Waals surface area contributed by atoms with E-state index in [0.29, 0.717) is 25.2 Å². The molecule has 1 heterocycles. The topological polar surface area (TPSA) is 100 Å². The fourth-order valence-electron chi connectivity index (χ4n) is 1.11. The van der Waals surface area contributed by atoms with Crippen molar-refractivity contribution in [2.75, 3.05) is 6.61 Å². The van der Waals surface area contributed by atoms with Gasteiger partial charge < -0.3 is 10.2 Å². The maximum absolute atomic E-state index is 10.5. The lowest BCUT2D eigenvalue weighted by molar-refractivity contribution is -0.139. The number of hydrogen-bond acceptors (Lipinski definition) is 5. The minimum atomic E-state index is -0.896. The van der Waals surface area contributed by atoms with E-state index in [1.807, 2.05) is 0 Å². The minimum absolute atomic E-state index is 0.115. The summed E-state index contributed by atoms with van der Waals surface area (Å²) in [6, 6.07) is -0.609. The molecule has 1 aromatic rings. The van der Waals surface area contributed by atoms with Gasteiger partial charge >= 0.3 is 5.97 Å². The van der Waals surface area contributed by atoms with Crippen LogP contribution in [0.25, 0.3) is 0 Å². The van der Waals surface area contributed by atoms with Crippen molar-refractivity contribution in [2.45, 2.75) is 32.5 Å². The van der Waals surface area contributed by atoms with Crippen molar-refractivity contribution in [3.8, 4) is 0 Å². The molecule has 0 aliphatic heterocycles. The third kappa shape index (κ3) is 3.95. The molecule has 0 fully saturated rings. The number of rotatable bonds is 7. The van der Waals surface area contributed by atoms with Gasteiger partial charge in [-0.05, 0) is 13.3 Å². The highest BCUT2D eigenvalue weighted by Crippen LogP contribution is 1.95. The second-order valence-electron chi connectivity index (χ2n) is 3.49. The first-order chi connectivity index (χ1) is 7.63. The lowest BCUT2D eigenvalue weighted by Crippen LogP contribution is -2.33. The quantitative estimate of drug-likeness (QED) is 0.566. The van der Waals surface area contributed by atoms with Crippen molar-refractivity contribution in [1.82, 2.24) is 20.3 Å². The van der Waals surface area contributed by atoms with Crippen molar-refractivity contribution in [3.05, 3.63) is 11.9 Å². The second kappa shape index (κ2) is 6.19. The Balaban J connectivity index is 2.37. The summed E-state index contributed by atoms with van der Waals surface area (Å²) in [5.74, 6) is -0.896. The number of hydrogen-bond donors (Lipinski definition) is 3. The van der Waals surface area contributed by atoms with Crippen molar-refractivity contribution in [1.29, 1.82) is 0 Å². The van der Waals surface area contributed by atoms with Gasteiger partial charge in [0.25, 0.3) is 0 Å². The Bertz CT molecular complexity index is 339. The van der Waals surface area contributed by atoms with E-state index in [4.69, 9.17) is 10.2 Å². The van der Waals surface area contributed by atoms with Gasteiger partial charge in [0.2, 0.25) is 0 Å². The first kappa shape index (κ1) is 12.6. The number of carboxylic acids is 1. The van der Waals surface area contributed by atoms with Gasteiger partial charge in [-0.2, -0.15) is 0 Å². The van der Waals surface area contributed by atoms with E-state index in [-0.39, 0.29) is 6.61 Å². The maximum Gasteiger partial charge on any atom is 0.320 e. The molecule has 0 bridgehead atoms. The smallest absolute Gasteiger partial charge is 0.320 e. The molecule has 16 heavy (non-hydrogen) atoms. The van der Waals surface area contributed by atoms with Crippen LogP contribution in [0.1, 0.15) is 19.0 Å². The zero-order valence-electron chi connectivity index (χ0n) is 9.13. The van der Waals surface area contributed by atoms with Crippen LogP contribution in [-0.2, 0) is 17.9 Å². The molecule has 1 atom stereocenters. The fraction of sp³-hybridized carbons (Fsp3) is 0.667. The van der Waals surface area contributed by atoms with Gasteiger partial charge in [-0.15, -0.1) is 5.10 Å². The zero-order chi connectivity index (χ0) is 12.0. The summed E-state index contributed by atoms with van der Waals surface area (Å²) < 4.78 is 1.62. The molecule has 1 unspecified atom stereocenters. The monoisotopic (exact) mass is 228 g/mol. The number of aliphatic carboxylic acids is 1. The molecular weight excluding hydrogens is 212 g/mol. The summed E-state index contributed by atoms with van der Waals surface area (Å²) in [4.78, 5) is 10.5. The molecular formula is C9H16N4O3. The summed E-state index contributed by atoms with van der Waals surface area (Å²) >= 11 is 0. The minimum Gasteiger partial charge on any atom is -0.480 e. The molecule has 0 spiro atoms. The number of aliphatic hydroxyl groups excluding tert-OH is 1. The number of carbonyl (C=O) groups is 1. The summed E-state index contributed by atoms with van der Waals surface area (Å²) in [7, 11) is 0. The predicted octanol–water partition coefficient (Wildman–Crippen LogP) is -0.777. The van der Waals surface area contributed by atoms with Crippen molar-refractivity contribution < 1.29 is 15.0 Å². The molecule has 0 aromatic carbocycles. The SMILES string of the molecule is CC(NCc1cn(CCCO)nn1)C(=O)O. The first-order valence-corrected chi connectivity index (χ1v) is 5.09. The number of nitrogens with one attached hydrogen (secondary N) is 1.